The number of hydrogen-bond donors (Lipinski definition) is 2. The average Bonchev–Trinajstić information content (AvgIpc) is 2.73. The molecular weight excluding hydrogens is 438 g/mol. The summed E-state index contributed by atoms with van der Waals surface area (Å²) in [5.41, 5.74) is 0.360. The number of rotatable bonds is 8. The molecule has 6 nitrogen and oxygen atoms in total. The summed E-state index contributed by atoms with van der Waals surface area (Å²) in [5, 5.41) is 0.389. The molecule has 0 spiro atoms. The highest BCUT2D eigenvalue weighted by atomic mass is 35.5. The van der Waals surface area contributed by atoms with Crippen molar-refractivity contribution in [2.24, 2.45) is 0 Å². The Hall–Kier alpha value is -2.62. The number of nitrogens with zero attached hydrogens (tertiary/aromatic N) is 1. The third-order valence-electron chi connectivity index (χ3n) is 4.48. The maximum atomic E-state index is 14.5. The van der Waals surface area contributed by atoms with Crippen LogP contribution in [0.2, 0.25) is 5.02 Å². The molecule has 2 aromatic carbocycles. The number of ketones is 1. The van der Waals surface area contributed by atoms with Crippen molar-refractivity contribution in [2.75, 3.05) is 13.7 Å². The van der Waals surface area contributed by atoms with Crippen molar-refractivity contribution < 1.29 is 26.7 Å². The van der Waals surface area contributed by atoms with Gasteiger partial charge in [0.05, 0.1) is 29.4 Å². The van der Waals surface area contributed by atoms with Crippen LogP contribution in [0, 0.1) is 11.6 Å². The van der Waals surface area contributed by atoms with Crippen LogP contribution in [0.1, 0.15) is 27.9 Å². The summed E-state index contributed by atoms with van der Waals surface area (Å²) in [6, 6.07) is 7.13. The predicted octanol–water partition coefficient (Wildman–Crippen LogP) is 3.45. The van der Waals surface area contributed by atoms with E-state index in [0.29, 0.717) is 23.1 Å². The summed E-state index contributed by atoms with van der Waals surface area (Å²) in [7, 11) is -1.27. The molecule has 0 unspecified atom stereocenters. The number of methoxy groups -OCH3 is 1. The van der Waals surface area contributed by atoms with Gasteiger partial charge in [0.1, 0.15) is 5.75 Å². The quantitative estimate of drug-likeness (QED) is 0.236. The molecular formula is C20H17ClF2N2O4S. The van der Waals surface area contributed by atoms with Crippen LogP contribution in [0.4, 0.5) is 8.78 Å². The lowest BCUT2D eigenvalue weighted by Gasteiger charge is -2.12. The molecule has 0 fully saturated rings. The Morgan fingerprint density at radius 3 is 2.70 bits per heavy atom. The summed E-state index contributed by atoms with van der Waals surface area (Å²) >= 11 is 6.24. The number of aryl methyl sites for hydroxylation is 1. The summed E-state index contributed by atoms with van der Waals surface area (Å²) in [6.45, 7) is 0.108. The van der Waals surface area contributed by atoms with E-state index in [1.54, 1.807) is 12.1 Å². The number of halogens is 3. The third-order valence-corrected chi connectivity index (χ3v) is 5.39. The van der Waals surface area contributed by atoms with E-state index < -0.39 is 33.9 Å². The molecule has 1 aromatic heterocycles. The van der Waals surface area contributed by atoms with Crippen molar-refractivity contribution in [1.82, 2.24) is 9.71 Å². The van der Waals surface area contributed by atoms with Crippen LogP contribution in [-0.4, -0.2) is 32.8 Å². The number of fused-ring (bicyclic) bond motifs is 1. The van der Waals surface area contributed by atoms with E-state index in [0.717, 1.165) is 6.07 Å². The number of pyridine rings is 1. The SMILES string of the molecule is COc1cnc2ccc(C(=O)c3c(F)c(F)cc(CCCN[SH](=O)=O)c3Cl)cc2c1. The molecule has 0 saturated carbocycles. The van der Waals surface area contributed by atoms with Crippen LogP contribution in [0.3, 0.4) is 0 Å². The molecule has 158 valence electrons. The van der Waals surface area contributed by atoms with E-state index in [2.05, 4.69) is 9.71 Å². The maximum Gasteiger partial charge on any atom is 0.201 e. The van der Waals surface area contributed by atoms with E-state index in [4.69, 9.17) is 16.3 Å². The molecule has 1 heterocycles. The largest absolute Gasteiger partial charge is 0.495 e. The number of hydrogen-bond acceptors (Lipinski definition) is 5. The molecule has 0 aliphatic carbocycles. The van der Waals surface area contributed by atoms with Gasteiger partial charge in [0.25, 0.3) is 0 Å². The summed E-state index contributed by atoms with van der Waals surface area (Å²) in [4.78, 5) is 17.2. The van der Waals surface area contributed by atoms with E-state index in [-0.39, 0.29) is 29.1 Å². The second kappa shape index (κ2) is 9.46. The van der Waals surface area contributed by atoms with Gasteiger partial charge in [-0.15, -0.1) is 0 Å². The van der Waals surface area contributed by atoms with Gasteiger partial charge in [-0.3, -0.25) is 9.78 Å². The fourth-order valence-corrected chi connectivity index (χ4v) is 3.65. The summed E-state index contributed by atoms with van der Waals surface area (Å²) in [6.07, 6.45) is 1.98. The Balaban J connectivity index is 1.97. The molecule has 0 bridgehead atoms. The average molecular weight is 455 g/mol. The number of thiol groups is 1. The zero-order valence-corrected chi connectivity index (χ0v) is 17.4. The van der Waals surface area contributed by atoms with Gasteiger partial charge in [-0.05, 0) is 48.7 Å². The van der Waals surface area contributed by atoms with Gasteiger partial charge < -0.3 is 4.74 Å². The number of ether oxygens (including phenoxy) is 1. The zero-order valence-electron chi connectivity index (χ0n) is 15.7. The molecule has 0 aliphatic rings. The van der Waals surface area contributed by atoms with Gasteiger partial charge in [-0.1, -0.05) is 11.6 Å². The lowest BCUT2D eigenvalue weighted by atomic mass is 9.97. The standard InChI is InChI=1S/C20H17ClF2N2O4S/c1-29-14-8-13-7-12(4-5-16(13)24-10-14)20(26)17-18(21)11(9-15(22)19(17)23)3-2-6-25-30(27)28/h4-5,7-10,30H,2-3,6H2,1H3,(H,25,27,28). The van der Waals surface area contributed by atoms with Gasteiger partial charge in [0.2, 0.25) is 10.9 Å². The van der Waals surface area contributed by atoms with Crippen molar-refractivity contribution >= 4 is 39.2 Å². The normalized spacial score (nSPS) is 11.2. The number of benzene rings is 2. The monoisotopic (exact) mass is 454 g/mol. The topological polar surface area (TPSA) is 85.4 Å². The van der Waals surface area contributed by atoms with Crippen molar-refractivity contribution in [1.29, 1.82) is 0 Å². The Labute approximate surface area is 177 Å². The van der Waals surface area contributed by atoms with Crippen LogP contribution in [0.5, 0.6) is 5.75 Å². The van der Waals surface area contributed by atoms with Crippen LogP contribution in [-0.2, 0) is 17.3 Å². The molecule has 1 N–H and O–H groups in total. The molecule has 10 heteroatoms. The third kappa shape index (κ3) is 4.75. The second-order valence-electron chi connectivity index (χ2n) is 6.40. The first-order valence-corrected chi connectivity index (χ1v) is 10.4. The van der Waals surface area contributed by atoms with Crippen LogP contribution in [0.25, 0.3) is 10.9 Å². The minimum atomic E-state index is -2.75. The molecule has 0 saturated heterocycles. The fourth-order valence-electron chi connectivity index (χ4n) is 3.00. The van der Waals surface area contributed by atoms with E-state index in [1.807, 2.05) is 0 Å². The van der Waals surface area contributed by atoms with Crippen LogP contribution < -0.4 is 9.46 Å². The minimum Gasteiger partial charge on any atom is -0.495 e. The molecule has 3 rings (SSSR count). The first kappa shape index (κ1) is 22.1. The number of carbonyl (C=O) groups excluding carboxylic acids is 1. The first-order valence-electron chi connectivity index (χ1n) is 8.84. The Kier molecular flexibility index (Phi) is 6.96. The predicted molar refractivity (Wildman–Crippen MR) is 110 cm³/mol. The van der Waals surface area contributed by atoms with Crippen LogP contribution >= 0.6 is 11.6 Å². The molecule has 0 radical (unpaired) electrons. The van der Waals surface area contributed by atoms with Crippen molar-refractivity contribution in [3.05, 3.63) is 69.9 Å². The lowest BCUT2D eigenvalue weighted by Crippen LogP contribution is -2.14. The van der Waals surface area contributed by atoms with E-state index in [9.17, 15) is 22.0 Å². The van der Waals surface area contributed by atoms with Gasteiger partial charge >= 0.3 is 0 Å². The fraction of sp³-hybridized carbons (Fsp3) is 0.200. The molecule has 3 aromatic rings. The zero-order chi connectivity index (χ0) is 21.8. The maximum absolute atomic E-state index is 14.5. The first-order chi connectivity index (χ1) is 14.3. The van der Waals surface area contributed by atoms with Gasteiger partial charge in [-0.25, -0.2) is 21.9 Å². The van der Waals surface area contributed by atoms with E-state index in [1.165, 1.54) is 25.4 Å². The van der Waals surface area contributed by atoms with Gasteiger partial charge in [0, 0.05) is 17.5 Å². The van der Waals surface area contributed by atoms with Gasteiger partial charge in [-0.2, -0.15) is 0 Å². The molecule has 30 heavy (non-hydrogen) atoms. The Bertz CT molecular complexity index is 1190. The molecule has 0 aliphatic heterocycles. The smallest absolute Gasteiger partial charge is 0.201 e. The number of aromatic nitrogens is 1. The van der Waals surface area contributed by atoms with Crippen LogP contribution in [0.15, 0.2) is 36.5 Å². The summed E-state index contributed by atoms with van der Waals surface area (Å²) < 4.78 is 57.1. The summed E-state index contributed by atoms with van der Waals surface area (Å²) in [5.74, 6) is -2.83. The highest BCUT2D eigenvalue weighted by Crippen LogP contribution is 2.30. The van der Waals surface area contributed by atoms with Crippen molar-refractivity contribution in [3.8, 4) is 5.75 Å². The minimum absolute atomic E-state index is 0.108. The molecule has 0 atom stereocenters. The highest BCUT2D eigenvalue weighted by molar-refractivity contribution is 7.70. The van der Waals surface area contributed by atoms with Gasteiger partial charge in [0.15, 0.2) is 17.4 Å². The van der Waals surface area contributed by atoms with Crippen molar-refractivity contribution in [2.45, 2.75) is 12.8 Å². The number of nitrogens with one attached hydrogen (secondary N) is 1. The van der Waals surface area contributed by atoms with Crippen molar-refractivity contribution in [3.63, 3.8) is 0 Å². The highest BCUT2D eigenvalue weighted by Gasteiger charge is 2.24. The Morgan fingerprint density at radius 2 is 2.00 bits per heavy atom. The second-order valence-corrected chi connectivity index (χ2v) is 7.61. The lowest BCUT2D eigenvalue weighted by molar-refractivity contribution is 0.103. The Morgan fingerprint density at radius 1 is 1.23 bits per heavy atom. The van der Waals surface area contributed by atoms with E-state index >= 15 is 0 Å². The number of carbonyl (C=O) groups is 1. The molecule has 0 amide bonds.